The molecule has 0 radical (unpaired) electrons. The molecule has 0 spiro atoms. The fraction of sp³-hybridized carbons (Fsp3) is 0.364. The summed E-state index contributed by atoms with van der Waals surface area (Å²) in [6.07, 6.45) is 8.29. The van der Waals surface area contributed by atoms with E-state index in [9.17, 15) is 14.3 Å². The van der Waals surface area contributed by atoms with Gasteiger partial charge in [0, 0.05) is 31.4 Å². The van der Waals surface area contributed by atoms with Crippen molar-refractivity contribution in [1.29, 1.82) is 0 Å². The van der Waals surface area contributed by atoms with Gasteiger partial charge in [0.1, 0.15) is 17.2 Å². The molecule has 5 aromatic rings. The summed E-state index contributed by atoms with van der Waals surface area (Å²) in [7, 11) is 0. The minimum atomic E-state index is -0.652. The molecule has 2 aromatic carbocycles. The molecule has 2 aliphatic rings. The van der Waals surface area contributed by atoms with Gasteiger partial charge in [-0.2, -0.15) is 5.10 Å². The van der Waals surface area contributed by atoms with Crippen molar-refractivity contribution >= 4 is 22.6 Å². The Kier molecular flexibility index (Phi) is 7.88. The number of aromatic nitrogens is 6. The van der Waals surface area contributed by atoms with Gasteiger partial charge in [-0.05, 0) is 73.3 Å². The number of hydrogen-bond donors (Lipinski definition) is 4. The monoisotopic (exact) mass is 609 g/mol. The molecule has 0 aliphatic carbocycles. The fourth-order valence-corrected chi connectivity index (χ4v) is 6.33. The number of phenols is 1. The van der Waals surface area contributed by atoms with Gasteiger partial charge >= 0.3 is 0 Å². The van der Waals surface area contributed by atoms with Crippen LogP contribution in [0.1, 0.15) is 53.6 Å². The molecule has 1 amide bonds. The van der Waals surface area contributed by atoms with E-state index in [4.69, 9.17) is 4.98 Å². The molecule has 0 atom stereocenters. The maximum atomic E-state index is 14.2. The van der Waals surface area contributed by atoms with Crippen molar-refractivity contribution in [2.45, 2.75) is 45.6 Å². The first-order chi connectivity index (χ1) is 22.0. The number of anilines is 1. The van der Waals surface area contributed by atoms with Crippen LogP contribution in [0.25, 0.3) is 33.5 Å². The standard InChI is InChI=1S/C33H36FN9O2/c1-2-20-15-29(44)24(34)16-23(20)21-6-7-22-26(14-21)40-41-31(22)32-38-25-8-12-43(19-28(25)39-32)33(45)27-17-37-30(18-36-27)35-9-13-42-10-4-3-5-11-42/h6-7,14-18,44H,2-5,8-13,19H2,1H3,(H,35,37)(H,38,39)(H,40,41). The Bertz CT molecular complexity index is 1840. The van der Waals surface area contributed by atoms with Gasteiger partial charge in [-0.15, -0.1) is 0 Å². The Morgan fingerprint density at radius 2 is 1.96 bits per heavy atom. The number of phenolic OH excluding ortho intramolecular Hbond substituents is 1. The van der Waals surface area contributed by atoms with Crippen LogP contribution < -0.4 is 5.32 Å². The predicted molar refractivity (Wildman–Crippen MR) is 169 cm³/mol. The Balaban J connectivity index is 1.03. The SMILES string of the molecule is CCc1cc(O)c(F)cc1-c1ccc2c(-c3nc4c([nH]3)CN(C(=O)c3cnc(NCCN5CCCCC5)cn3)CC4)n[nH]c2c1. The predicted octanol–water partition coefficient (Wildman–Crippen LogP) is 4.91. The van der Waals surface area contributed by atoms with Gasteiger partial charge in [0.2, 0.25) is 0 Å². The van der Waals surface area contributed by atoms with Crippen LogP contribution in [0.2, 0.25) is 0 Å². The minimum absolute atomic E-state index is 0.168. The second kappa shape index (κ2) is 12.3. The lowest BCUT2D eigenvalue weighted by molar-refractivity contribution is 0.0725. The molecular weight excluding hydrogens is 573 g/mol. The molecule has 232 valence electrons. The van der Waals surface area contributed by atoms with Crippen LogP contribution in [0.15, 0.2) is 42.7 Å². The van der Waals surface area contributed by atoms with Gasteiger partial charge in [0.15, 0.2) is 17.4 Å². The zero-order valence-electron chi connectivity index (χ0n) is 25.2. The number of hydrogen-bond acceptors (Lipinski definition) is 8. The van der Waals surface area contributed by atoms with Crippen molar-refractivity contribution in [2.24, 2.45) is 0 Å². The van der Waals surface area contributed by atoms with E-state index in [2.05, 4.69) is 35.4 Å². The average molecular weight is 610 g/mol. The first kappa shape index (κ1) is 28.9. The zero-order chi connectivity index (χ0) is 30.9. The van der Waals surface area contributed by atoms with Crippen molar-refractivity contribution in [2.75, 3.05) is 38.0 Å². The number of carbonyl (C=O) groups is 1. The lowest BCUT2D eigenvalue weighted by atomic mass is 9.96. The van der Waals surface area contributed by atoms with Crippen LogP contribution in [-0.2, 0) is 19.4 Å². The molecule has 5 heterocycles. The maximum Gasteiger partial charge on any atom is 0.274 e. The van der Waals surface area contributed by atoms with E-state index in [1.165, 1.54) is 31.4 Å². The summed E-state index contributed by atoms with van der Waals surface area (Å²) in [5, 5.41) is 21.6. The summed E-state index contributed by atoms with van der Waals surface area (Å²) in [6, 6.07) is 8.64. The Morgan fingerprint density at radius 1 is 1.09 bits per heavy atom. The highest BCUT2D eigenvalue weighted by Gasteiger charge is 2.27. The maximum absolute atomic E-state index is 14.2. The normalized spacial score (nSPS) is 15.4. The molecule has 12 heteroatoms. The summed E-state index contributed by atoms with van der Waals surface area (Å²) < 4.78 is 14.2. The van der Waals surface area contributed by atoms with E-state index >= 15 is 0 Å². The third kappa shape index (κ3) is 5.85. The Hall–Kier alpha value is -4.84. The van der Waals surface area contributed by atoms with E-state index < -0.39 is 5.82 Å². The van der Waals surface area contributed by atoms with Crippen molar-refractivity contribution in [3.8, 4) is 28.4 Å². The smallest absolute Gasteiger partial charge is 0.274 e. The average Bonchev–Trinajstić information content (AvgIpc) is 3.69. The number of nitrogens with one attached hydrogen (secondary N) is 3. The van der Waals surface area contributed by atoms with E-state index in [-0.39, 0.29) is 11.7 Å². The molecule has 3 aromatic heterocycles. The van der Waals surface area contributed by atoms with Crippen LogP contribution in [-0.4, -0.2) is 83.7 Å². The molecule has 7 rings (SSSR count). The number of amides is 1. The molecule has 1 saturated heterocycles. The van der Waals surface area contributed by atoms with Crippen molar-refractivity contribution in [3.05, 3.63) is 71.2 Å². The second-order valence-electron chi connectivity index (χ2n) is 11.8. The van der Waals surface area contributed by atoms with Gasteiger partial charge in [-0.25, -0.2) is 19.3 Å². The molecule has 4 N–H and O–H groups in total. The third-order valence-electron chi connectivity index (χ3n) is 8.82. The quantitative estimate of drug-likeness (QED) is 0.195. The number of carbonyl (C=O) groups excluding carboxylic acids is 1. The van der Waals surface area contributed by atoms with Gasteiger partial charge in [0.25, 0.3) is 5.91 Å². The third-order valence-corrected chi connectivity index (χ3v) is 8.82. The first-order valence-electron chi connectivity index (χ1n) is 15.6. The number of likely N-dealkylation sites (tertiary alicyclic amines) is 1. The second-order valence-corrected chi connectivity index (χ2v) is 11.8. The number of aryl methyl sites for hydroxylation is 1. The first-order valence-corrected chi connectivity index (χ1v) is 15.6. The summed E-state index contributed by atoms with van der Waals surface area (Å²) in [4.78, 5) is 34.6. The number of rotatable bonds is 8. The van der Waals surface area contributed by atoms with E-state index in [1.54, 1.807) is 17.3 Å². The molecule has 0 saturated carbocycles. The number of fused-ring (bicyclic) bond motifs is 2. The van der Waals surface area contributed by atoms with Gasteiger partial charge in [-0.1, -0.05) is 19.4 Å². The van der Waals surface area contributed by atoms with Crippen LogP contribution in [0.5, 0.6) is 5.75 Å². The van der Waals surface area contributed by atoms with Crippen molar-refractivity contribution in [1.82, 2.24) is 39.9 Å². The number of imidazole rings is 1. The molecule has 2 aliphatic heterocycles. The highest BCUT2D eigenvalue weighted by Crippen LogP contribution is 2.34. The lowest BCUT2D eigenvalue weighted by Gasteiger charge is -2.26. The van der Waals surface area contributed by atoms with Crippen LogP contribution >= 0.6 is 0 Å². The Morgan fingerprint density at radius 3 is 2.76 bits per heavy atom. The van der Waals surface area contributed by atoms with Crippen LogP contribution in [0.4, 0.5) is 10.2 Å². The van der Waals surface area contributed by atoms with E-state index in [0.717, 1.165) is 65.2 Å². The summed E-state index contributed by atoms with van der Waals surface area (Å²) >= 11 is 0. The summed E-state index contributed by atoms with van der Waals surface area (Å²) in [5.74, 6) is 0.125. The van der Waals surface area contributed by atoms with Gasteiger partial charge in [0.05, 0.1) is 35.8 Å². The number of piperidine rings is 1. The fourth-order valence-electron chi connectivity index (χ4n) is 6.33. The highest BCUT2D eigenvalue weighted by atomic mass is 19.1. The largest absolute Gasteiger partial charge is 0.505 e. The molecule has 0 bridgehead atoms. The molecule has 45 heavy (non-hydrogen) atoms. The van der Waals surface area contributed by atoms with Crippen LogP contribution in [0.3, 0.4) is 0 Å². The number of aromatic hydroxyl groups is 1. The molecule has 11 nitrogen and oxygen atoms in total. The summed E-state index contributed by atoms with van der Waals surface area (Å²) in [5.41, 5.74) is 5.96. The number of H-pyrrole nitrogens is 2. The molecule has 0 unspecified atom stereocenters. The molecular formula is C33H36FN9O2. The number of aromatic amines is 2. The van der Waals surface area contributed by atoms with E-state index in [0.29, 0.717) is 49.0 Å². The summed E-state index contributed by atoms with van der Waals surface area (Å²) in [6.45, 7) is 6.96. The highest BCUT2D eigenvalue weighted by molar-refractivity contribution is 5.94. The Labute approximate surface area is 259 Å². The van der Waals surface area contributed by atoms with Gasteiger partial charge in [-0.3, -0.25) is 9.89 Å². The van der Waals surface area contributed by atoms with E-state index in [1.807, 2.05) is 25.1 Å². The van der Waals surface area contributed by atoms with Crippen molar-refractivity contribution in [3.63, 3.8) is 0 Å². The number of halogens is 1. The molecule has 1 fully saturated rings. The number of nitrogens with zero attached hydrogens (tertiary/aromatic N) is 6. The number of benzene rings is 2. The van der Waals surface area contributed by atoms with Crippen LogP contribution in [0, 0.1) is 5.82 Å². The zero-order valence-corrected chi connectivity index (χ0v) is 25.2. The minimum Gasteiger partial charge on any atom is -0.505 e. The van der Waals surface area contributed by atoms with Gasteiger partial charge < -0.3 is 25.2 Å². The topological polar surface area (TPSA) is 139 Å². The lowest BCUT2D eigenvalue weighted by Crippen LogP contribution is -2.36. The van der Waals surface area contributed by atoms with Crippen molar-refractivity contribution < 1.29 is 14.3 Å².